The Labute approximate surface area is 170 Å². The predicted molar refractivity (Wildman–Crippen MR) is 109 cm³/mol. The SMILES string of the molecule is CCOC(=O)CC(CC(=O)CCCCc1cc(N)nc(N)n1)c1cnc(C)nc1. The molecule has 0 bridgehead atoms. The summed E-state index contributed by atoms with van der Waals surface area (Å²) in [4.78, 5) is 40.8. The van der Waals surface area contributed by atoms with Crippen LogP contribution in [-0.4, -0.2) is 38.3 Å². The third kappa shape index (κ3) is 7.81. The van der Waals surface area contributed by atoms with Crippen molar-refractivity contribution < 1.29 is 14.3 Å². The number of nitrogens with zero attached hydrogens (tertiary/aromatic N) is 4. The molecule has 9 nitrogen and oxygen atoms in total. The largest absolute Gasteiger partial charge is 0.466 e. The van der Waals surface area contributed by atoms with E-state index < -0.39 is 0 Å². The molecule has 0 spiro atoms. The van der Waals surface area contributed by atoms with Gasteiger partial charge in [0.15, 0.2) is 0 Å². The monoisotopic (exact) mass is 400 g/mol. The molecule has 0 amide bonds. The number of esters is 1. The molecule has 0 aliphatic rings. The van der Waals surface area contributed by atoms with Crippen LogP contribution in [0.25, 0.3) is 0 Å². The van der Waals surface area contributed by atoms with Crippen LogP contribution in [0.1, 0.15) is 62.0 Å². The zero-order valence-electron chi connectivity index (χ0n) is 16.9. The van der Waals surface area contributed by atoms with E-state index in [1.54, 1.807) is 32.3 Å². The van der Waals surface area contributed by atoms with Crippen molar-refractivity contribution in [1.82, 2.24) is 19.9 Å². The first-order chi connectivity index (χ1) is 13.9. The molecule has 4 N–H and O–H groups in total. The molecule has 2 aromatic rings. The Balaban J connectivity index is 1.87. The van der Waals surface area contributed by atoms with Crippen molar-refractivity contribution in [2.24, 2.45) is 0 Å². The summed E-state index contributed by atoms with van der Waals surface area (Å²) in [5.74, 6) is 0.597. The molecular formula is C20H28N6O3. The number of nitrogen functional groups attached to an aromatic ring is 2. The fourth-order valence-electron chi connectivity index (χ4n) is 3.02. The molecule has 1 unspecified atom stereocenters. The van der Waals surface area contributed by atoms with Gasteiger partial charge in [0.05, 0.1) is 13.0 Å². The molecule has 156 valence electrons. The molecule has 9 heteroatoms. The van der Waals surface area contributed by atoms with Crippen LogP contribution in [0.2, 0.25) is 0 Å². The average Bonchev–Trinajstić information content (AvgIpc) is 2.65. The highest BCUT2D eigenvalue weighted by atomic mass is 16.5. The van der Waals surface area contributed by atoms with E-state index in [-0.39, 0.29) is 36.5 Å². The molecule has 2 heterocycles. The number of hydrogen-bond donors (Lipinski definition) is 2. The minimum absolute atomic E-state index is 0.0848. The quantitative estimate of drug-likeness (QED) is 0.427. The van der Waals surface area contributed by atoms with Gasteiger partial charge in [0.2, 0.25) is 5.95 Å². The van der Waals surface area contributed by atoms with Gasteiger partial charge in [0.1, 0.15) is 17.4 Å². The molecule has 2 rings (SSSR count). The average molecular weight is 400 g/mol. The Hall–Kier alpha value is -3.10. The molecule has 0 fully saturated rings. The Morgan fingerprint density at radius 2 is 1.83 bits per heavy atom. The molecule has 0 aliphatic heterocycles. The Morgan fingerprint density at radius 3 is 2.48 bits per heavy atom. The van der Waals surface area contributed by atoms with Crippen LogP contribution in [-0.2, 0) is 20.7 Å². The summed E-state index contributed by atoms with van der Waals surface area (Å²) in [5, 5.41) is 0. The highest BCUT2D eigenvalue weighted by Gasteiger charge is 2.21. The number of anilines is 2. The van der Waals surface area contributed by atoms with Crippen LogP contribution >= 0.6 is 0 Å². The number of carbonyl (C=O) groups is 2. The summed E-state index contributed by atoms with van der Waals surface area (Å²) >= 11 is 0. The van der Waals surface area contributed by atoms with Crippen molar-refractivity contribution in [3.63, 3.8) is 0 Å². The van der Waals surface area contributed by atoms with Crippen LogP contribution < -0.4 is 11.5 Å². The Kier molecular flexibility index (Phi) is 8.45. The van der Waals surface area contributed by atoms with E-state index in [4.69, 9.17) is 16.2 Å². The van der Waals surface area contributed by atoms with Crippen LogP contribution in [0.3, 0.4) is 0 Å². The summed E-state index contributed by atoms with van der Waals surface area (Å²) in [6.07, 6.45) is 6.29. The van der Waals surface area contributed by atoms with Crippen molar-refractivity contribution in [2.75, 3.05) is 18.1 Å². The summed E-state index contributed by atoms with van der Waals surface area (Å²) in [7, 11) is 0. The van der Waals surface area contributed by atoms with Gasteiger partial charge in [-0.15, -0.1) is 0 Å². The smallest absolute Gasteiger partial charge is 0.306 e. The molecule has 0 saturated heterocycles. The zero-order valence-corrected chi connectivity index (χ0v) is 16.9. The topological polar surface area (TPSA) is 147 Å². The van der Waals surface area contributed by atoms with Gasteiger partial charge in [-0.1, -0.05) is 0 Å². The summed E-state index contributed by atoms with van der Waals surface area (Å²) < 4.78 is 5.04. The maximum absolute atomic E-state index is 12.5. The van der Waals surface area contributed by atoms with E-state index in [0.29, 0.717) is 37.5 Å². The van der Waals surface area contributed by atoms with Crippen LogP contribution in [0, 0.1) is 6.92 Å². The maximum atomic E-state index is 12.5. The van der Waals surface area contributed by atoms with E-state index in [1.165, 1.54) is 0 Å². The molecular weight excluding hydrogens is 372 g/mol. The van der Waals surface area contributed by atoms with Crippen molar-refractivity contribution >= 4 is 23.5 Å². The second kappa shape index (κ2) is 11.0. The van der Waals surface area contributed by atoms with Gasteiger partial charge in [-0.2, -0.15) is 4.98 Å². The number of ketones is 1. The van der Waals surface area contributed by atoms with Crippen LogP contribution in [0.5, 0.6) is 0 Å². The van der Waals surface area contributed by atoms with E-state index >= 15 is 0 Å². The highest BCUT2D eigenvalue weighted by Crippen LogP contribution is 2.24. The molecule has 0 aromatic carbocycles. The number of carbonyl (C=O) groups excluding carboxylic acids is 2. The number of rotatable bonds is 11. The van der Waals surface area contributed by atoms with E-state index in [1.807, 2.05) is 0 Å². The normalized spacial score (nSPS) is 11.8. The lowest BCUT2D eigenvalue weighted by Gasteiger charge is -2.15. The van der Waals surface area contributed by atoms with Crippen LogP contribution in [0.15, 0.2) is 18.5 Å². The fourth-order valence-corrected chi connectivity index (χ4v) is 3.02. The highest BCUT2D eigenvalue weighted by molar-refractivity contribution is 5.80. The number of Topliss-reactive ketones (excluding diaryl/α,β-unsaturated/α-hetero) is 1. The molecule has 0 radical (unpaired) electrons. The van der Waals surface area contributed by atoms with E-state index in [0.717, 1.165) is 17.7 Å². The lowest BCUT2D eigenvalue weighted by molar-refractivity contribution is -0.143. The first-order valence-corrected chi connectivity index (χ1v) is 9.72. The standard InChI is InChI=1S/C20H28N6O3/c1-3-29-19(28)9-14(15-11-23-13(2)24-12-15)8-17(27)7-5-4-6-16-10-18(21)26-20(22)25-16/h10-12,14H,3-9H2,1-2H3,(H4,21,22,25,26). The molecule has 0 aliphatic carbocycles. The second-order valence-corrected chi connectivity index (χ2v) is 6.86. The van der Waals surface area contributed by atoms with Gasteiger partial charge in [0.25, 0.3) is 0 Å². The lowest BCUT2D eigenvalue weighted by atomic mass is 9.91. The minimum atomic E-state index is -0.329. The Morgan fingerprint density at radius 1 is 1.10 bits per heavy atom. The predicted octanol–water partition coefficient (Wildman–Crippen LogP) is 2.15. The van der Waals surface area contributed by atoms with Crippen molar-refractivity contribution in [1.29, 1.82) is 0 Å². The van der Waals surface area contributed by atoms with E-state index in [2.05, 4.69) is 19.9 Å². The van der Waals surface area contributed by atoms with Gasteiger partial charge in [-0.25, -0.2) is 15.0 Å². The third-order valence-corrected chi connectivity index (χ3v) is 4.42. The third-order valence-electron chi connectivity index (χ3n) is 4.42. The summed E-state index contributed by atoms with van der Waals surface area (Å²) in [5.41, 5.74) is 12.8. The fraction of sp³-hybridized carbons (Fsp3) is 0.500. The van der Waals surface area contributed by atoms with Gasteiger partial charge in [0, 0.05) is 42.9 Å². The second-order valence-electron chi connectivity index (χ2n) is 6.86. The number of aromatic nitrogens is 4. The maximum Gasteiger partial charge on any atom is 0.306 e. The summed E-state index contributed by atoms with van der Waals surface area (Å²) in [6.45, 7) is 3.85. The van der Waals surface area contributed by atoms with Gasteiger partial charge in [-0.05, 0) is 38.7 Å². The first-order valence-electron chi connectivity index (χ1n) is 9.72. The van der Waals surface area contributed by atoms with Crippen molar-refractivity contribution in [3.05, 3.63) is 35.5 Å². The number of nitrogens with two attached hydrogens (primary N) is 2. The molecule has 0 saturated carbocycles. The van der Waals surface area contributed by atoms with Crippen molar-refractivity contribution in [3.8, 4) is 0 Å². The number of aryl methyl sites for hydroxylation is 2. The first kappa shape index (κ1) is 22.2. The van der Waals surface area contributed by atoms with Gasteiger partial charge >= 0.3 is 5.97 Å². The van der Waals surface area contributed by atoms with Gasteiger partial charge in [-0.3, -0.25) is 9.59 Å². The zero-order chi connectivity index (χ0) is 21.2. The van der Waals surface area contributed by atoms with Crippen LogP contribution in [0.4, 0.5) is 11.8 Å². The molecule has 2 aromatic heterocycles. The number of ether oxygens (including phenoxy) is 1. The lowest BCUT2D eigenvalue weighted by Crippen LogP contribution is -2.15. The molecule has 1 atom stereocenters. The van der Waals surface area contributed by atoms with Gasteiger partial charge < -0.3 is 16.2 Å². The van der Waals surface area contributed by atoms with Crippen molar-refractivity contribution in [2.45, 2.75) is 58.3 Å². The number of hydrogen-bond acceptors (Lipinski definition) is 9. The number of unbranched alkanes of at least 4 members (excludes halogenated alkanes) is 1. The molecule has 29 heavy (non-hydrogen) atoms. The Bertz CT molecular complexity index is 805. The van der Waals surface area contributed by atoms with E-state index in [9.17, 15) is 9.59 Å². The minimum Gasteiger partial charge on any atom is -0.466 e. The summed E-state index contributed by atoms with van der Waals surface area (Å²) in [6, 6.07) is 1.69.